The van der Waals surface area contributed by atoms with Gasteiger partial charge in [0.15, 0.2) is 11.5 Å². The molecule has 138 valence electrons. The van der Waals surface area contributed by atoms with Crippen molar-refractivity contribution in [3.8, 4) is 11.5 Å². The molecule has 2 aliphatic carbocycles. The van der Waals surface area contributed by atoms with E-state index in [-0.39, 0.29) is 17.9 Å². The number of nitrogens with one attached hydrogen (secondary N) is 1. The average Bonchev–Trinajstić information content (AvgIpc) is 3.24. The van der Waals surface area contributed by atoms with Gasteiger partial charge in [-0.2, -0.15) is 0 Å². The Hall–Kier alpha value is -1.71. The summed E-state index contributed by atoms with van der Waals surface area (Å²) in [7, 11) is 3.26. The van der Waals surface area contributed by atoms with Crippen molar-refractivity contribution in [2.45, 2.75) is 52.0 Å². The second-order valence-electron chi connectivity index (χ2n) is 7.93. The maximum absolute atomic E-state index is 12.6. The van der Waals surface area contributed by atoms with Crippen LogP contribution in [0.4, 0.5) is 0 Å². The molecule has 5 unspecified atom stereocenters. The smallest absolute Gasteiger partial charge is 0.223 e. The van der Waals surface area contributed by atoms with Crippen LogP contribution in [-0.4, -0.2) is 26.2 Å². The summed E-state index contributed by atoms with van der Waals surface area (Å²) in [5.74, 6) is 3.95. The van der Waals surface area contributed by atoms with Gasteiger partial charge in [-0.3, -0.25) is 4.79 Å². The number of amides is 1. The molecule has 2 bridgehead atoms. The molecule has 25 heavy (non-hydrogen) atoms. The first-order valence-electron chi connectivity index (χ1n) is 9.53. The highest BCUT2D eigenvalue weighted by Crippen LogP contribution is 2.49. The van der Waals surface area contributed by atoms with Crippen LogP contribution in [0.3, 0.4) is 0 Å². The summed E-state index contributed by atoms with van der Waals surface area (Å²) in [4.78, 5) is 12.6. The van der Waals surface area contributed by atoms with E-state index < -0.39 is 0 Å². The zero-order valence-electron chi connectivity index (χ0n) is 15.9. The van der Waals surface area contributed by atoms with Gasteiger partial charge in [-0.1, -0.05) is 19.4 Å². The molecule has 0 aliphatic heterocycles. The minimum absolute atomic E-state index is 0.0564. The lowest BCUT2D eigenvalue weighted by Crippen LogP contribution is -2.42. The normalized spacial score (nSPS) is 27.0. The van der Waals surface area contributed by atoms with Crippen molar-refractivity contribution >= 4 is 5.91 Å². The lowest BCUT2D eigenvalue weighted by Gasteiger charge is -2.29. The number of methoxy groups -OCH3 is 2. The SMILES string of the molecule is COc1ccc(CC(C)C(=O)NC(C)C2CC3CCC2C3)cc1OC. The third-order valence-corrected chi connectivity index (χ3v) is 6.24. The Morgan fingerprint density at radius 2 is 1.92 bits per heavy atom. The topological polar surface area (TPSA) is 47.6 Å². The van der Waals surface area contributed by atoms with E-state index in [1.165, 1.54) is 25.7 Å². The van der Waals surface area contributed by atoms with Crippen molar-refractivity contribution in [3.05, 3.63) is 23.8 Å². The summed E-state index contributed by atoms with van der Waals surface area (Å²) in [6, 6.07) is 6.15. The van der Waals surface area contributed by atoms with Crippen LogP contribution in [0.15, 0.2) is 18.2 Å². The van der Waals surface area contributed by atoms with Crippen LogP contribution in [0, 0.1) is 23.7 Å². The van der Waals surface area contributed by atoms with Crippen molar-refractivity contribution in [2.75, 3.05) is 14.2 Å². The molecule has 3 rings (SSSR count). The Morgan fingerprint density at radius 1 is 1.16 bits per heavy atom. The highest BCUT2D eigenvalue weighted by Gasteiger charge is 2.42. The summed E-state index contributed by atoms with van der Waals surface area (Å²) in [6.45, 7) is 4.19. The Bertz CT molecular complexity index is 615. The largest absolute Gasteiger partial charge is 0.493 e. The van der Waals surface area contributed by atoms with Gasteiger partial charge in [0, 0.05) is 12.0 Å². The zero-order chi connectivity index (χ0) is 18.0. The van der Waals surface area contributed by atoms with Gasteiger partial charge in [0.2, 0.25) is 5.91 Å². The molecule has 1 amide bonds. The van der Waals surface area contributed by atoms with Gasteiger partial charge in [0.05, 0.1) is 14.2 Å². The van der Waals surface area contributed by atoms with Crippen LogP contribution in [0.25, 0.3) is 0 Å². The molecule has 1 N–H and O–H groups in total. The van der Waals surface area contributed by atoms with Gasteiger partial charge in [-0.15, -0.1) is 0 Å². The van der Waals surface area contributed by atoms with E-state index in [0.29, 0.717) is 23.8 Å². The number of rotatable bonds is 7. The van der Waals surface area contributed by atoms with Gasteiger partial charge >= 0.3 is 0 Å². The third-order valence-electron chi connectivity index (χ3n) is 6.24. The summed E-state index contributed by atoms with van der Waals surface area (Å²) >= 11 is 0. The van der Waals surface area contributed by atoms with E-state index in [4.69, 9.17) is 9.47 Å². The molecule has 1 aromatic carbocycles. The summed E-state index contributed by atoms with van der Waals surface area (Å²) in [5.41, 5.74) is 1.09. The molecule has 0 spiro atoms. The number of ether oxygens (including phenoxy) is 2. The number of hydrogen-bond acceptors (Lipinski definition) is 3. The standard InChI is InChI=1S/C21H31NO3/c1-13(9-15-6-8-19(24-3)20(12-15)25-4)21(23)22-14(2)18-11-16-5-7-17(18)10-16/h6,8,12-14,16-18H,5,7,9-11H2,1-4H3,(H,22,23). The third kappa shape index (κ3) is 3.94. The first-order chi connectivity index (χ1) is 12.0. The van der Waals surface area contributed by atoms with E-state index in [9.17, 15) is 4.79 Å². The first kappa shape index (κ1) is 18.1. The Labute approximate surface area is 151 Å². The van der Waals surface area contributed by atoms with Crippen molar-refractivity contribution in [1.29, 1.82) is 0 Å². The molecule has 4 heteroatoms. The first-order valence-corrected chi connectivity index (χ1v) is 9.53. The van der Waals surface area contributed by atoms with Crippen LogP contribution < -0.4 is 14.8 Å². The van der Waals surface area contributed by atoms with Crippen molar-refractivity contribution in [2.24, 2.45) is 23.7 Å². The maximum atomic E-state index is 12.6. The number of fused-ring (bicyclic) bond motifs is 2. The molecule has 5 atom stereocenters. The van der Waals surface area contributed by atoms with Crippen LogP contribution in [0.5, 0.6) is 11.5 Å². The van der Waals surface area contributed by atoms with Crippen molar-refractivity contribution in [3.63, 3.8) is 0 Å². The Kier molecular flexibility index (Phi) is 5.55. The lowest BCUT2D eigenvalue weighted by molar-refractivity contribution is -0.125. The van der Waals surface area contributed by atoms with Gasteiger partial charge in [-0.05, 0) is 68.1 Å². The second-order valence-corrected chi connectivity index (χ2v) is 7.93. The van der Waals surface area contributed by atoms with Crippen LogP contribution >= 0.6 is 0 Å². The van der Waals surface area contributed by atoms with E-state index in [2.05, 4.69) is 12.2 Å². The maximum Gasteiger partial charge on any atom is 0.223 e. The predicted molar refractivity (Wildman–Crippen MR) is 99.0 cm³/mol. The molecular formula is C21H31NO3. The fourth-order valence-electron chi connectivity index (χ4n) is 4.83. The second kappa shape index (κ2) is 7.67. The van der Waals surface area contributed by atoms with Gasteiger partial charge in [0.1, 0.15) is 0 Å². The molecule has 2 saturated carbocycles. The molecule has 2 fully saturated rings. The highest BCUT2D eigenvalue weighted by atomic mass is 16.5. The van der Waals surface area contributed by atoms with Crippen LogP contribution in [0.2, 0.25) is 0 Å². The molecule has 4 nitrogen and oxygen atoms in total. The molecule has 0 radical (unpaired) electrons. The molecule has 1 aromatic rings. The van der Waals surface area contributed by atoms with Gasteiger partial charge in [-0.25, -0.2) is 0 Å². The fraction of sp³-hybridized carbons (Fsp3) is 0.667. The number of carbonyl (C=O) groups excluding carboxylic acids is 1. The van der Waals surface area contributed by atoms with Crippen LogP contribution in [0.1, 0.15) is 45.1 Å². The summed E-state index contributed by atoms with van der Waals surface area (Å²) in [6.07, 6.45) is 6.14. The minimum Gasteiger partial charge on any atom is -0.493 e. The highest BCUT2D eigenvalue weighted by molar-refractivity contribution is 5.79. The predicted octanol–water partition coefficient (Wildman–Crippen LogP) is 3.82. The van der Waals surface area contributed by atoms with Crippen molar-refractivity contribution in [1.82, 2.24) is 5.32 Å². The molecule has 0 aromatic heterocycles. The van der Waals surface area contributed by atoms with Gasteiger partial charge < -0.3 is 14.8 Å². The van der Waals surface area contributed by atoms with Gasteiger partial charge in [0.25, 0.3) is 0 Å². The van der Waals surface area contributed by atoms with E-state index in [0.717, 1.165) is 17.4 Å². The monoisotopic (exact) mass is 345 g/mol. The Balaban J connectivity index is 1.55. The zero-order valence-corrected chi connectivity index (χ0v) is 15.9. The van der Waals surface area contributed by atoms with Crippen molar-refractivity contribution < 1.29 is 14.3 Å². The van der Waals surface area contributed by atoms with E-state index >= 15 is 0 Å². The van der Waals surface area contributed by atoms with E-state index in [1.54, 1.807) is 14.2 Å². The molecular weight excluding hydrogens is 314 g/mol. The average molecular weight is 345 g/mol. The summed E-state index contributed by atoms with van der Waals surface area (Å²) in [5, 5.41) is 3.28. The van der Waals surface area contributed by atoms with Crippen LogP contribution in [-0.2, 0) is 11.2 Å². The quantitative estimate of drug-likeness (QED) is 0.817. The Morgan fingerprint density at radius 3 is 2.52 bits per heavy atom. The minimum atomic E-state index is -0.0564. The molecule has 2 aliphatic rings. The molecule has 0 heterocycles. The lowest BCUT2D eigenvalue weighted by atomic mass is 9.83. The number of benzene rings is 1. The van der Waals surface area contributed by atoms with E-state index in [1.807, 2.05) is 25.1 Å². The summed E-state index contributed by atoms with van der Waals surface area (Å²) < 4.78 is 10.6. The number of hydrogen-bond donors (Lipinski definition) is 1. The fourth-order valence-corrected chi connectivity index (χ4v) is 4.83. The number of carbonyl (C=O) groups is 1. The molecule has 0 saturated heterocycles.